The quantitative estimate of drug-likeness (QED) is 0.699. The second kappa shape index (κ2) is 8.43. The molecule has 2 rings (SSSR count). The number of carbonyl (C=O) groups is 4. The van der Waals surface area contributed by atoms with Crippen LogP contribution >= 0.6 is 0 Å². The van der Waals surface area contributed by atoms with Crippen LogP contribution in [0.5, 0.6) is 0 Å². The third-order valence-electron chi connectivity index (χ3n) is 3.24. The minimum Gasteiger partial charge on any atom is -0.546 e. The number of carbonyl (C=O) groups excluding carboxylic acids is 3. The lowest BCUT2D eigenvalue weighted by Crippen LogP contribution is -2.51. The fourth-order valence-corrected chi connectivity index (χ4v) is 1.99. The zero-order valence-corrected chi connectivity index (χ0v) is 13.2. The van der Waals surface area contributed by atoms with Gasteiger partial charge < -0.3 is 24.5 Å². The van der Waals surface area contributed by atoms with Gasteiger partial charge in [0.2, 0.25) is 6.10 Å². The Labute approximate surface area is 147 Å². The maximum Gasteiger partial charge on any atom is 0.349 e. The Morgan fingerprint density at radius 3 is 1.46 bits per heavy atom. The highest BCUT2D eigenvalue weighted by Gasteiger charge is 2.36. The van der Waals surface area contributed by atoms with Crippen molar-refractivity contribution in [3.63, 3.8) is 0 Å². The summed E-state index contributed by atoms with van der Waals surface area (Å²) in [6.45, 7) is 0. The Balaban J connectivity index is 2.20. The van der Waals surface area contributed by atoms with Crippen molar-refractivity contribution in [1.29, 1.82) is 0 Å². The molecular formula is C18H13O8-. The van der Waals surface area contributed by atoms with Crippen molar-refractivity contribution >= 4 is 23.9 Å². The van der Waals surface area contributed by atoms with E-state index in [0.717, 1.165) is 0 Å². The Bertz CT molecular complexity index is 731. The first-order chi connectivity index (χ1) is 12.4. The van der Waals surface area contributed by atoms with Gasteiger partial charge in [0.1, 0.15) is 0 Å². The maximum atomic E-state index is 12.0. The normalized spacial score (nSPS) is 12.5. The lowest BCUT2D eigenvalue weighted by atomic mass is 10.1. The van der Waals surface area contributed by atoms with Gasteiger partial charge in [-0.1, -0.05) is 36.4 Å². The predicted molar refractivity (Wildman–Crippen MR) is 83.9 cm³/mol. The molecule has 0 spiro atoms. The highest BCUT2D eigenvalue weighted by molar-refractivity contribution is 5.95. The maximum absolute atomic E-state index is 12.0. The minimum atomic E-state index is -2.33. The first kappa shape index (κ1) is 18.7. The zero-order valence-electron chi connectivity index (χ0n) is 13.2. The van der Waals surface area contributed by atoms with E-state index in [0.29, 0.717) is 0 Å². The molecular weight excluding hydrogens is 344 g/mol. The Hall–Kier alpha value is -3.68. The van der Waals surface area contributed by atoms with Crippen LogP contribution in [0.4, 0.5) is 0 Å². The molecule has 0 bridgehead atoms. The van der Waals surface area contributed by atoms with E-state index in [1.807, 2.05) is 0 Å². The summed E-state index contributed by atoms with van der Waals surface area (Å²) in [5.74, 6) is -5.99. The lowest BCUT2D eigenvalue weighted by Gasteiger charge is -2.24. The summed E-state index contributed by atoms with van der Waals surface area (Å²) in [6.07, 6.45) is -4.60. The molecule has 2 aromatic carbocycles. The highest BCUT2D eigenvalue weighted by atomic mass is 16.6. The third kappa shape index (κ3) is 4.67. The molecule has 8 heteroatoms. The number of hydrogen-bond donors (Lipinski definition) is 1. The summed E-state index contributed by atoms with van der Waals surface area (Å²) in [4.78, 5) is 46.7. The van der Waals surface area contributed by atoms with Crippen molar-refractivity contribution in [2.24, 2.45) is 0 Å². The highest BCUT2D eigenvalue weighted by Crippen LogP contribution is 2.12. The van der Waals surface area contributed by atoms with E-state index in [9.17, 15) is 29.4 Å². The summed E-state index contributed by atoms with van der Waals surface area (Å²) in [5.41, 5.74) is 0.00232. The van der Waals surface area contributed by atoms with E-state index in [-0.39, 0.29) is 11.1 Å². The van der Waals surface area contributed by atoms with Crippen LogP contribution in [-0.4, -0.2) is 41.2 Å². The molecule has 0 radical (unpaired) electrons. The van der Waals surface area contributed by atoms with Crippen LogP contribution in [0.25, 0.3) is 0 Å². The number of aliphatic carboxylic acids is 2. The number of hydrogen-bond acceptors (Lipinski definition) is 7. The molecule has 1 N–H and O–H groups in total. The van der Waals surface area contributed by atoms with Crippen LogP contribution in [0.15, 0.2) is 60.7 Å². The second-order valence-corrected chi connectivity index (χ2v) is 5.04. The van der Waals surface area contributed by atoms with Gasteiger partial charge >= 0.3 is 17.9 Å². The number of ether oxygens (including phenoxy) is 2. The number of carboxylic acids is 2. The summed E-state index contributed by atoms with van der Waals surface area (Å²) in [6, 6.07) is 14.7. The number of benzene rings is 2. The van der Waals surface area contributed by atoms with Gasteiger partial charge in [0.25, 0.3) is 0 Å². The molecule has 0 aliphatic rings. The molecule has 2 unspecified atom stereocenters. The lowest BCUT2D eigenvalue weighted by molar-refractivity contribution is -0.317. The summed E-state index contributed by atoms with van der Waals surface area (Å²) in [7, 11) is 0. The molecule has 134 valence electrons. The average molecular weight is 357 g/mol. The van der Waals surface area contributed by atoms with E-state index in [2.05, 4.69) is 0 Å². The van der Waals surface area contributed by atoms with Gasteiger partial charge in [-0.15, -0.1) is 0 Å². The SMILES string of the molecule is O=C(OC(C(=O)[O-])C(OC(=O)c1ccccc1)C(=O)O)c1ccccc1. The average Bonchev–Trinajstić information content (AvgIpc) is 2.65. The molecule has 0 aliphatic heterocycles. The van der Waals surface area contributed by atoms with Crippen LogP contribution in [-0.2, 0) is 19.1 Å². The van der Waals surface area contributed by atoms with Gasteiger partial charge in [-0.05, 0) is 24.3 Å². The summed E-state index contributed by atoms with van der Waals surface area (Å²) < 4.78 is 9.42. The Morgan fingerprint density at radius 2 is 1.12 bits per heavy atom. The summed E-state index contributed by atoms with van der Waals surface area (Å²) >= 11 is 0. The third-order valence-corrected chi connectivity index (χ3v) is 3.24. The van der Waals surface area contributed by atoms with Gasteiger partial charge in [0, 0.05) is 0 Å². The van der Waals surface area contributed by atoms with E-state index in [1.54, 1.807) is 12.1 Å². The molecule has 8 nitrogen and oxygen atoms in total. The topological polar surface area (TPSA) is 130 Å². The van der Waals surface area contributed by atoms with Crippen LogP contribution in [0.1, 0.15) is 20.7 Å². The number of rotatable bonds is 7. The molecule has 0 fully saturated rings. The van der Waals surface area contributed by atoms with Crippen molar-refractivity contribution in [3.8, 4) is 0 Å². The van der Waals surface area contributed by atoms with Gasteiger partial charge in [0.15, 0.2) is 6.10 Å². The fourth-order valence-electron chi connectivity index (χ4n) is 1.99. The van der Waals surface area contributed by atoms with Crippen molar-refractivity contribution in [1.82, 2.24) is 0 Å². The standard InChI is InChI=1S/C18H14O8/c19-15(20)13(25-17(23)11-7-3-1-4-8-11)14(16(21)22)26-18(24)12-9-5-2-6-10-12/h1-10,13-14H,(H,19,20)(H,21,22)/p-1. The van der Waals surface area contributed by atoms with Gasteiger partial charge in [-0.25, -0.2) is 14.4 Å². The van der Waals surface area contributed by atoms with Crippen molar-refractivity contribution in [2.75, 3.05) is 0 Å². The van der Waals surface area contributed by atoms with Gasteiger partial charge in [-0.2, -0.15) is 0 Å². The first-order valence-corrected chi connectivity index (χ1v) is 7.36. The fraction of sp³-hybridized carbons (Fsp3) is 0.111. The van der Waals surface area contributed by atoms with E-state index in [1.165, 1.54) is 48.5 Å². The van der Waals surface area contributed by atoms with Crippen LogP contribution in [0, 0.1) is 0 Å². The van der Waals surface area contributed by atoms with Crippen LogP contribution < -0.4 is 5.11 Å². The number of esters is 2. The molecule has 26 heavy (non-hydrogen) atoms. The number of carboxylic acid groups (broad SMARTS) is 2. The molecule has 2 atom stereocenters. The van der Waals surface area contributed by atoms with Crippen molar-refractivity contribution in [2.45, 2.75) is 12.2 Å². The molecule has 0 aliphatic carbocycles. The van der Waals surface area contributed by atoms with Crippen LogP contribution in [0.3, 0.4) is 0 Å². The van der Waals surface area contributed by atoms with Gasteiger partial charge in [-0.3, -0.25) is 0 Å². The predicted octanol–water partition coefficient (Wildman–Crippen LogP) is 0.272. The van der Waals surface area contributed by atoms with E-state index < -0.39 is 36.1 Å². The van der Waals surface area contributed by atoms with E-state index >= 15 is 0 Å². The Morgan fingerprint density at radius 1 is 0.731 bits per heavy atom. The summed E-state index contributed by atoms with van der Waals surface area (Å²) in [5, 5.41) is 20.5. The molecule has 0 heterocycles. The largest absolute Gasteiger partial charge is 0.546 e. The first-order valence-electron chi connectivity index (χ1n) is 7.36. The minimum absolute atomic E-state index is 0.00252. The van der Waals surface area contributed by atoms with Crippen molar-refractivity contribution in [3.05, 3.63) is 71.8 Å². The molecule has 2 aromatic rings. The van der Waals surface area contributed by atoms with Crippen LogP contribution in [0.2, 0.25) is 0 Å². The van der Waals surface area contributed by atoms with E-state index in [4.69, 9.17) is 9.47 Å². The monoisotopic (exact) mass is 357 g/mol. The zero-order chi connectivity index (χ0) is 19.1. The van der Waals surface area contributed by atoms with Crippen molar-refractivity contribution < 1.29 is 38.9 Å². The van der Waals surface area contributed by atoms with Gasteiger partial charge in [0.05, 0.1) is 17.1 Å². The molecule has 0 saturated carbocycles. The molecule has 0 aromatic heterocycles. The Kier molecular flexibility index (Phi) is 6.05. The second-order valence-electron chi connectivity index (χ2n) is 5.04. The molecule has 0 saturated heterocycles. The molecule has 0 amide bonds. The smallest absolute Gasteiger partial charge is 0.349 e.